The van der Waals surface area contributed by atoms with Crippen molar-refractivity contribution >= 4 is 0 Å². The summed E-state index contributed by atoms with van der Waals surface area (Å²) in [5, 5.41) is 3.97. The highest BCUT2D eigenvalue weighted by atomic mass is 16.5. The van der Waals surface area contributed by atoms with Crippen molar-refractivity contribution in [3.8, 4) is 0 Å². The summed E-state index contributed by atoms with van der Waals surface area (Å²) in [4.78, 5) is 4.39. The van der Waals surface area contributed by atoms with Crippen LogP contribution in [0.25, 0.3) is 0 Å². The van der Waals surface area contributed by atoms with Gasteiger partial charge in [0, 0.05) is 0 Å². The number of hydrogen-bond acceptors (Lipinski definition) is 4. The van der Waals surface area contributed by atoms with Crippen molar-refractivity contribution in [2.24, 2.45) is 5.73 Å². The zero-order valence-electron chi connectivity index (χ0n) is 11.1. The SMILES string of the molecule is CCC(C)(N)c1noc(Cc2ccccc2C)n1. The molecule has 1 heterocycles. The Labute approximate surface area is 107 Å². The maximum absolute atomic E-state index is 6.09. The van der Waals surface area contributed by atoms with Gasteiger partial charge in [0.1, 0.15) is 0 Å². The lowest BCUT2D eigenvalue weighted by Crippen LogP contribution is -2.33. The molecule has 0 saturated carbocycles. The molecule has 0 aliphatic rings. The molecule has 0 aliphatic carbocycles. The Morgan fingerprint density at radius 3 is 2.72 bits per heavy atom. The Balaban J connectivity index is 2.20. The molecule has 2 N–H and O–H groups in total. The first kappa shape index (κ1) is 12.8. The molecule has 1 aromatic heterocycles. The quantitative estimate of drug-likeness (QED) is 0.899. The second-order valence-corrected chi connectivity index (χ2v) is 4.89. The zero-order valence-corrected chi connectivity index (χ0v) is 11.1. The number of hydrogen-bond donors (Lipinski definition) is 1. The van der Waals surface area contributed by atoms with Crippen molar-refractivity contribution in [1.29, 1.82) is 0 Å². The fraction of sp³-hybridized carbons (Fsp3) is 0.429. The lowest BCUT2D eigenvalue weighted by atomic mass is 10.00. The van der Waals surface area contributed by atoms with Gasteiger partial charge >= 0.3 is 0 Å². The first-order chi connectivity index (χ1) is 8.53. The first-order valence-corrected chi connectivity index (χ1v) is 6.19. The predicted octanol–water partition coefficient (Wildman–Crippen LogP) is 2.55. The molecule has 1 unspecified atom stereocenters. The van der Waals surface area contributed by atoms with Crippen molar-refractivity contribution < 1.29 is 4.52 Å². The number of nitrogens with two attached hydrogens (primary N) is 1. The van der Waals surface area contributed by atoms with Crippen LogP contribution in [0.1, 0.15) is 43.1 Å². The van der Waals surface area contributed by atoms with E-state index in [-0.39, 0.29) is 0 Å². The standard InChI is InChI=1S/C14H19N3O/c1-4-14(3,15)13-16-12(18-17-13)9-11-8-6-5-7-10(11)2/h5-8H,4,9,15H2,1-3H3. The Morgan fingerprint density at radius 2 is 2.06 bits per heavy atom. The molecule has 1 aromatic carbocycles. The first-order valence-electron chi connectivity index (χ1n) is 6.19. The minimum atomic E-state index is -0.520. The fourth-order valence-electron chi connectivity index (χ4n) is 1.69. The van der Waals surface area contributed by atoms with E-state index in [0.717, 1.165) is 6.42 Å². The van der Waals surface area contributed by atoms with Crippen molar-refractivity contribution in [3.05, 3.63) is 47.1 Å². The largest absolute Gasteiger partial charge is 0.339 e. The Hall–Kier alpha value is -1.68. The monoisotopic (exact) mass is 245 g/mol. The van der Waals surface area contributed by atoms with E-state index in [0.29, 0.717) is 18.1 Å². The van der Waals surface area contributed by atoms with E-state index >= 15 is 0 Å². The Morgan fingerprint density at radius 1 is 1.33 bits per heavy atom. The molecular weight excluding hydrogens is 226 g/mol. The van der Waals surface area contributed by atoms with Gasteiger partial charge < -0.3 is 10.3 Å². The minimum Gasteiger partial charge on any atom is -0.339 e. The van der Waals surface area contributed by atoms with E-state index in [4.69, 9.17) is 10.3 Å². The maximum atomic E-state index is 6.09. The van der Waals surface area contributed by atoms with Crippen molar-refractivity contribution in [3.63, 3.8) is 0 Å². The highest BCUT2D eigenvalue weighted by Gasteiger charge is 2.25. The highest BCUT2D eigenvalue weighted by Crippen LogP contribution is 2.19. The molecule has 0 radical (unpaired) electrons. The maximum Gasteiger partial charge on any atom is 0.231 e. The molecule has 96 valence electrons. The van der Waals surface area contributed by atoms with E-state index in [1.54, 1.807) is 0 Å². The molecule has 18 heavy (non-hydrogen) atoms. The summed E-state index contributed by atoms with van der Waals surface area (Å²) in [6, 6.07) is 8.18. The van der Waals surface area contributed by atoms with Crippen LogP contribution >= 0.6 is 0 Å². The van der Waals surface area contributed by atoms with Gasteiger partial charge in [0.25, 0.3) is 0 Å². The van der Waals surface area contributed by atoms with Crippen LogP contribution in [-0.4, -0.2) is 10.1 Å². The fourth-order valence-corrected chi connectivity index (χ4v) is 1.69. The van der Waals surface area contributed by atoms with Crippen LogP contribution in [-0.2, 0) is 12.0 Å². The number of benzene rings is 1. The molecule has 0 fully saturated rings. The van der Waals surface area contributed by atoms with Gasteiger partial charge in [-0.05, 0) is 31.4 Å². The topological polar surface area (TPSA) is 64.9 Å². The van der Waals surface area contributed by atoms with E-state index in [2.05, 4.69) is 29.2 Å². The molecule has 1 atom stereocenters. The Bertz CT molecular complexity index is 531. The summed E-state index contributed by atoms with van der Waals surface area (Å²) >= 11 is 0. The zero-order chi connectivity index (χ0) is 13.2. The molecule has 2 aromatic rings. The van der Waals surface area contributed by atoms with Crippen LogP contribution in [0.5, 0.6) is 0 Å². The average Bonchev–Trinajstić information content (AvgIpc) is 2.81. The number of nitrogens with zero attached hydrogens (tertiary/aromatic N) is 2. The van der Waals surface area contributed by atoms with Gasteiger partial charge in [0.2, 0.25) is 5.89 Å². The van der Waals surface area contributed by atoms with E-state index < -0.39 is 5.54 Å². The van der Waals surface area contributed by atoms with Gasteiger partial charge in [-0.25, -0.2) is 0 Å². The van der Waals surface area contributed by atoms with Gasteiger partial charge in [0.05, 0.1) is 12.0 Å². The lowest BCUT2D eigenvalue weighted by Gasteiger charge is -2.16. The predicted molar refractivity (Wildman–Crippen MR) is 70.1 cm³/mol. The van der Waals surface area contributed by atoms with Crippen molar-refractivity contribution in [1.82, 2.24) is 10.1 Å². The number of rotatable bonds is 4. The van der Waals surface area contributed by atoms with Crippen LogP contribution in [0, 0.1) is 6.92 Å². The third-order valence-electron chi connectivity index (χ3n) is 3.32. The summed E-state index contributed by atoms with van der Waals surface area (Å²) in [7, 11) is 0. The van der Waals surface area contributed by atoms with Gasteiger partial charge in [-0.15, -0.1) is 0 Å². The summed E-state index contributed by atoms with van der Waals surface area (Å²) in [6.07, 6.45) is 1.43. The smallest absolute Gasteiger partial charge is 0.231 e. The second kappa shape index (κ2) is 4.90. The molecule has 0 saturated heterocycles. The highest BCUT2D eigenvalue weighted by molar-refractivity contribution is 5.27. The summed E-state index contributed by atoms with van der Waals surface area (Å²) in [5.41, 5.74) is 7.99. The molecule has 0 spiro atoms. The van der Waals surface area contributed by atoms with Crippen LogP contribution in [0.2, 0.25) is 0 Å². The van der Waals surface area contributed by atoms with Gasteiger partial charge in [-0.1, -0.05) is 36.3 Å². The van der Waals surface area contributed by atoms with Crippen molar-refractivity contribution in [2.45, 2.75) is 39.2 Å². The summed E-state index contributed by atoms with van der Waals surface area (Å²) in [6.45, 7) is 6.00. The van der Waals surface area contributed by atoms with Crippen molar-refractivity contribution in [2.75, 3.05) is 0 Å². The number of aryl methyl sites for hydroxylation is 1. The normalized spacial score (nSPS) is 14.4. The third kappa shape index (κ3) is 2.59. The molecule has 2 rings (SSSR count). The molecule has 0 amide bonds. The molecule has 0 bridgehead atoms. The van der Waals surface area contributed by atoms with E-state index in [1.807, 2.05) is 26.0 Å². The lowest BCUT2D eigenvalue weighted by molar-refractivity contribution is 0.355. The molecule has 4 heteroatoms. The number of aromatic nitrogens is 2. The van der Waals surface area contributed by atoms with Crippen LogP contribution in [0.3, 0.4) is 0 Å². The third-order valence-corrected chi connectivity index (χ3v) is 3.32. The molecular formula is C14H19N3O. The Kier molecular flexibility index (Phi) is 3.48. The van der Waals surface area contributed by atoms with Crippen LogP contribution in [0.15, 0.2) is 28.8 Å². The van der Waals surface area contributed by atoms with E-state index in [1.165, 1.54) is 11.1 Å². The second-order valence-electron chi connectivity index (χ2n) is 4.89. The summed E-state index contributed by atoms with van der Waals surface area (Å²) < 4.78 is 5.27. The van der Waals surface area contributed by atoms with Crippen LogP contribution < -0.4 is 5.73 Å². The van der Waals surface area contributed by atoms with Crippen LogP contribution in [0.4, 0.5) is 0 Å². The van der Waals surface area contributed by atoms with Gasteiger partial charge in [0.15, 0.2) is 5.82 Å². The average molecular weight is 245 g/mol. The molecule has 0 aliphatic heterocycles. The minimum absolute atomic E-state index is 0.520. The van der Waals surface area contributed by atoms with Gasteiger partial charge in [-0.2, -0.15) is 4.98 Å². The van der Waals surface area contributed by atoms with E-state index in [9.17, 15) is 0 Å². The molecule has 4 nitrogen and oxygen atoms in total. The van der Waals surface area contributed by atoms with Gasteiger partial charge in [-0.3, -0.25) is 0 Å². The summed E-state index contributed by atoms with van der Waals surface area (Å²) in [5.74, 6) is 1.19.